The monoisotopic (exact) mass is 263 g/mol. The lowest BCUT2D eigenvalue weighted by Crippen LogP contribution is -2.29. The van der Waals surface area contributed by atoms with Gasteiger partial charge >= 0.3 is 5.97 Å². The van der Waals surface area contributed by atoms with Crippen molar-refractivity contribution in [1.29, 1.82) is 0 Å². The van der Waals surface area contributed by atoms with Crippen molar-refractivity contribution in [1.82, 2.24) is 4.90 Å². The lowest BCUT2D eigenvalue weighted by atomic mass is 9.88. The summed E-state index contributed by atoms with van der Waals surface area (Å²) in [4.78, 5) is 25.4. The minimum Gasteiger partial charge on any atom is -0.497 e. The molecule has 2 unspecified atom stereocenters. The average Bonchev–Trinajstić information content (AvgIpc) is 2.74. The zero-order valence-corrected chi connectivity index (χ0v) is 11.3. The van der Waals surface area contributed by atoms with E-state index >= 15 is 0 Å². The van der Waals surface area contributed by atoms with E-state index < -0.39 is 11.9 Å². The van der Waals surface area contributed by atoms with Crippen molar-refractivity contribution in [2.45, 2.75) is 5.92 Å². The summed E-state index contributed by atoms with van der Waals surface area (Å²) < 4.78 is 9.84. The van der Waals surface area contributed by atoms with Crippen LogP contribution in [0, 0.1) is 5.92 Å². The Morgan fingerprint density at radius 2 is 1.89 bits per heavy atom. The molecule has 5 heteroatoms. The normalized spacial score (nSPS) is 22.5. The molecule has 1 heterocycles. The average molecular weight is 263 g/mol. The lowest BCUT2D eigenvalue weighted by molar-refractivity contribution is -0.150. The van der Waals surface area contributed by atoms with Crippen LogP contribution in [0.25, 0.3) is 0 Å². The molecule has 0 N–H and O–H groups in total. The maximum absolute atomic E-state index is 12.0. The van der Waals surface area contributed by atoms with Crippen LogP contribution in [0.2, 0.25) is 0 Å². The van der Waals surface area contributed by atoms with Gasteiger partial charge in [-0.05, 0) is 17.7 Å². The maximum Gasteiger partial charge on any atom is 0.318 e. The van der Waals surface area contributed by atoms with Gasteiger partial charge in [0.25, 0.3) is 0 Å². The fourth-order valence-corrected chi connectivity index (χ4v) is 2.44. The van der Waals surface area contributed by atoms with Crippen molar-refractivity contribution in [2.24, 2.45) is 5.92 Å². The molecular formula is C14H17NO4. The van der Waals surface area contributed by atoms with Crippen molar-refractivity contribution >= 4 is 11.9 Å². The number of carbonyl (C=O) groups is 2. The zero-order valence-electron chi connectivity index (χ0n) is 11.3. The van der Waals surface area contributed by atoms with Crippen LogP contribution in [0.5, 0.6) is 5.75 Å². The van der Waals surface area contributed by atoms with Crippen LogP contribution in [0.3, 0.4) is 0 Å². The molecule has 102 valence electrons. The minimum atomic E-state index is -0.747. The Kier molecular flexibility index (Phi) is 3.74. The van der Waals surface area contributed by atoms with Gasteiger partial charge in [-0.1, -0.05) is 12.1 Å². The van der Waals surface area contributed by atoms with Crippen molar-refractivity contribution in [2.75, 3.05) is 27.8 Å². The van der Waals surface area contributed by atoms with Gasteiger partial charge < -0.3 is 14.4 Å². The molecule has 1 aliphatic rings. The highest BCUT2D eigenvalue weighted by Gasteiger charge is 2.44. The van der Waals surface area contributed by atoms with Gasteiger partial charge in [-0.3, -0.25) is 9.59 Å². The van der Waals surface area contributed by atoms with Gasteiger partial charge in [-0.15, -0.1) is 0 Å². The van der Waals surface area contributed by atoms with Gasteiger partial charge in [0.1, 0.15) is 11.7 Å². The summed E-state index contributed by atoms with van der Waals surface area (Å²) >= 11 is 0. The number of amides is 1. The fourth-order valence-electron chi connectivity index (χ4n) is 2.44. The lowest BCUT2D eigenvalue weighted by Gasteiger charge is -2.15. The van der Waals surface area contributed by atoms with Gasteiger partial charge in [-0.2, -0.15) is 0 Å². The highest BCUT2D eigenvalue weighted by Crippen LogP contribution is 2.34. The van der Waals surface area contributed by atoms with Gasteiger partial charge in [0.2, 0.25) is 5.91 Å². The predicted octanol–water partition coefficient (Wildman–Crippen LogP) is 1.04. The molecule has 5 nitrogen and oxygen atoms in total. The molecule has 19 heavy (non-hydrogen) atoms. The number of carbonyl (C=O) groups excluding carboxylic acids is 2. The van der Waals surface area contributed by atoms with Crippen molar-refractivity contribution < 1.29 is 19.1 Å². The number of ether oxygens (including phenoxy) is 2. The smallest absolute Gasteiger partial charge is 0.318 e. The van der Waals surface area contributed by atoms with E-state index in [4.69, 9.17) is 9.47 Å². The summed E-state index contributed by atoms with van der Waals surface area (Å²) in [6, 6.07) is 7.41. The Labute approximate surface area is 112 Å². The summed E-state index contributed by atoms with van der Waals surface area (Å²) in [6.07, 6.45) is 0. The van der Waals surface area contributed by atoms with E-state index in [-0.39, 0.29) is 11.8 Å². The number of likely N-dealkylation sites (N-methyl/N-ethyl adjacent to an activating group) is 1. The van der Waals surface area contributed by atoms with Gasteiger partial charge in [0, 0.05) is 19.5 Å². The Morgan fingerprint density at radius 3 is 2.42 bits per heavy atom. The second-order valence-electron chi connectivity index (χ2n) is 4.60. The van der Waals surface area contributed by atoms with E-state index in [0.717, 1.165) is 11.3 Å². The minimum absolute atomic E-state index is 0.171. The first-order valence-corrected chi connectivity index (χ1v) is 6.05. The van der Waals surface area contributed by atoms with Crippen molar-refractivity contribution in [3.05, 3.63) is 29.8 Å². The maximum atomic E-state index is 12.0. The molecular weight excluding hydrogens is 246 g/mol. The Balaban J connectivity index is 2.30. The number of hydrogen-bond donors (Lipinski definition) is 0. The first-order chi connectivity index (χ1) is 9.08. The van der Waals surface area contributed by atoms with Crippen molar-refractivity contribution in [3.63, 3.8) is 0 Å². The van der Waals surface area contributed by atoms with Crippen LogP contribution in [0.15, 0.2) is 24.3 Å². The Hall–Kier alpha value is -2.04. The molecule has 1 saturated heterocycles. The third-order valence-electron chi connectivity index (χ3n) is 3.51. The molecule has 0 aliphatic carbocycles. The number of esters is 1. The van der Waals surface area contributed by atoms with Crippen LogP contribution >= 0.6 is 0 Å². The number of hydrogen-bond acceptors (Lipinski definition) is 4. The highest BCUT2D eigenvalue weighted by molar-refractivity contribution is 6.00. The van der Waals surface area contributed by atoms with Crippen LogP contribution in [-0.4, -0.2) is 44.6 Å². The van der Waals surface area contributed by atoms with Crippen LogP contribution in [0.1, 0.15) is 11.5 Å². The number of rotatable bonds is 3. The third-order valence-corrected chi connectivity index (χ3v) is 3.51. The van der Waals surface area contributed by atoms with E-state index in [9.17, 15) is 9.59 Å². The van der Waals surface area contributed by atoms with Gasteiger partial charge in [0.15, 0.2) is 0 Å². The molecule has 1 amide bonds. The Bertz CT molecular complexity index is 483. The van der Waals surface area contributed by atoms with Crippen LogP contribution in [-0.2, 0) is 14.3 Å². The fraction of sp³-hybridized carbons (Fsp3) is 0.429. The summed E-state index contributed by atoms with van der Waals surface area (Å²) in [5.41, 5.74) is 0.939. The third kappa shape index (κ3) is 2.41. The molecule has 0 saturated carbocycles. The largest absolute Gasteiger partial charge is 0.497 e. The number of benzene rings is 1. The molecule has 1 aromatic rings. The molecule has 0 radical (unpaired) electrons. The van der Waals surface area contributed by atoms with Gasteiger partial charge in [0.05, 0.1) is 14.2 Å². The first kappa shape index (κ1) is 13.4. The van der Waals surface area contributed by atoms with E-state index in [1.165, 1.54) is 7.11 Å². The topological polar surface area (TPSA) is 55.8 Å². The summed E-state index contributed by atoms with van der Waals surface area (Å²) in [5, 5.41) is 0. The number of nitrogens with zero attached hydrogens (tertiary/aromatic N) is 1. The van der Waals surface area contributed by atoms with E-state index in [1.807, 2.05) is 24.3 Å². The first-order valence-electron chi connectivity index (χ1n) is 6.05. The SMILES string of the molecule is COC(=O)C1C(=O)N(C)CC1c1ccc(OC)cc1. The predicted molar refractivity (Wildman–Crippen MR) is 68.9 cm³/mol. The summed E-state index contributed by atoms with van der Waals surface area (Å²) in [7, 11) is 4.60. The second-order valence-corrected chi connectivity index (χ2v) is 4.60. The summed E-state index contributed by atoms with van der Waals surface area (Å²) in [5.74, 6) is -0.835. The van der Waals surface area contributed by atoms with Crippen LogP contribution in [0.4, 0.5) is 0 Å². The molecule has 2 atom stereocenters. The standard InChI is InChI=1S/C14H17NO4/c1-15-8-11(12(13(15)16)14(17)19-3)9-4-6-10(18-2)7-5-9/h4-7,11-12H,8H2,1-3H3. The highest BCUT2D eigenvalue weighted by atomic mass is 16.5. The molecule has 0 bridgehead atoms. The number of likely N-dealkylation sites (tertiary alicyclic amines) is 1. The number of methoxy groups -OCH3 is 2. The van der Waals surface area contributed by atoms with E-state index in [0.29, 0.717) is 6.54 Å². The second kappa shape index (κ2) is 5.30. The zero-order chi connectivity index (χ0) is 14.0. The quantitative estimate of drug-likeness (QED) is 0.604. The summed E-state index contributed by atoms with van der Waals surface area (Å²) in [6.45, 7) is 0.519. The van der Waals surface area contributed by atoms with E-state index in [1.54, 1.807) is 19.1 Å². The van der Waals surface area contributed by atoms with Gasteiger partial charge in [-0.25, -0.2) is 0 Å². The molecule has 1 aliphatic heterocycles. The molecule has 2 rings (SSSR count). The van der Waals surface area contributed by atoms with E-state index in [2.05, 4.69) is 0 Å². The molecule has 0 aromatic heterocycles. The molecule has 0 spiro atoms. The van der Waals surface area contributed by atoms with Crippen LogP contribution < -0.4 is 4.74 Å². The molecule has 1 fully saturated rings. The molecule has 1 aromatic carbocycles. The Morgan fingerprint density at radius 1 is 1.26 bits per heavy atom. The van der Waals surface area contributed by atoms with Crippen molar-refractivity contribution in [3.8, 4) is 5.75 Å².